The number of aromatic nitrogens is 4. The highest BCUT2D eigenvalue weighted by molar-refractivity contribution is 7.98. The lowest BCUT2D eigenvalue weighted by Crippen LogP contribution is -2.23. The molecule has 0 atom stereocenters. The van der Waals surface area contributed by atoms with Crippen molar-refractivity contribution in [1.82, 2.24) is 24.9 Å². The predicted molar refractivity (Wildman–Crippen MR) is 119 cm³/mol. The molecule has 152 valence electrons. The van der Waals surface area contributed by atoms with Crippen molar-refractivity contribution in [3.8, 4) is 0 Å². The zero-order valence-electron chi connectivity index (χ0n) is 17.2. The summed E-state index contributed by atoms with van der Waals surface area (Å²) >= 11 is 1.50. The lowest BCUT2D eigenvalue weighted by atomic mass is 10.1. The Bertz CT molecular complexity index is 1200. The first-order valence-electron chi connectivity index (χ1n) is 9.75. The number of fused-ring (bicyclic) bond motifs is 1. The van der Waals surface area contributed by atoms with E-state index in [2.05, 4.69) is 20.4 Å². The van der Waals surface area contributed by atoms with Gasteiger partial charge in [-0.1, -0.05) is 59.8 Å². The third-order valence-corrected chi connectivity index (χ3v) is 5.68. The number of aryl methyl sites for hydroxylation is 3. The highest BCUT2D eigenvalue weighted by Crippen LogP contribution is 2.23. The van der Waals surface area contributed by atoms with E-state index >= 15 is 0 Å². The minimum atomic E-state index is -0.0807. The number of carbonyl (C=O) groups is 1. The molecule has 0 radical (unpaired) electrons. The van der Waals surface area contributed by atoms with E-state index in [1.54, 1.807) is 4.52 Å². The summed E-state index contributed by atoms with van der Waals surface area (Å²) in [5.41, 5.74) is 5.81. The highest BCUT2D eigenvalue weighted by Gasteiger charge is 2.13. The van der Waals surface area contributed by atoms with Gasteiger partial charge in [0.2, 0.25) is 5.16 Å². The summed E-state index contributed by atoms with van der Waals surface area (Å²) in [5.74, 6) is 1.12. The van der Waals surface area contributed by atoms with Crippen LogP contribution in [0.25, 0.3) is 5.78 Å². The Labute approximate surface area is 179 Å². The summed E-state index contributed by atoms with van der Waals surface area (Å²) in [5, 5.41) is 8.19. The zero-order chi connectivity index (χ0) is 21.1. The zero-order valence-corrected chi connectivity index (χ0v) is 18.0. The number of nitrogens with one attached hydrogen (secondary N) is 1. The van der Waals surface area contributed by atoms with Crippen LogP contribution in [0.15, 0.2) is 59.8 Å². The second kappa shape index (κ2) is 8.67. The van der Waals surface area contributed by atoms with Crippen LogP contribution in [0.4, 0.5) is 0 Å². The number of hydrogen-bond acceptors (Lipinski definition) is 5. The van der Waals surface area contributed by atoms with Crippen LogP contribution in [0.5, 0.6) is 0 Å². The molecule has 2 aromatic carbocycles. The van der Waals surface area contributed by atoms with E-state index < -0.39 is 0 Å². The quantitative estimate of drug-likeness (QED) is 0.474. The van der Waals surface area contributed by atoms with Gasteiger partial charge in [-0.25, -0.2) is 9.50 Å². The normalized spacial score (nSPS) is 11.0. The van der Waals surface area contributed by atoms with E-state index in [1.165, 1.54) is 17.3 Å². The first-order chi connectivity index (χ1) is 14.5. The molecule has 4 aromatic rings. The number of hydrogen-bond donors (Lipinski definition) is 1. The molecule has 0 aliphatic rings. The molecule has 0 aliphatic heterocycles. The van der Waals surface area contributed by atoms with E-state index in [1.807, 2.05) is 75.4 Å². The largest absolute Gasteiger partial charge is 0.348 e. The molecule has 0 spiro atoms. The third-order valence-electron chi connectivity index (χ3n) is 4.79. The molecule has 6 nitrogen and oxygen atoms in total. The Hall–Kier alpha value is -3.19. The Morgan fingerprint density at radius 2 is 1.80 bits per heavy atom. The molecule has 30 heavy (non-hydrogen) atoms. The number of thioether (sulfide) groups is 1. The lowest BCUT2D eigenvalue weighted by Gasteiger charge is -2.10. The molecule has 0 unspecified atom stereocenters. The van der Waals surface area contributed by atoms with Crippen LogP contribution < -0.4 is 5.32 Å². The average Bonchev–Trinajstić information content (AvgIpc) is 3.15. The topological polar surface area (TPSA) is 72.2 Å². The molecule has 1 N–H and O–H groups in total. The van der Waals surface area contributed by atoms with Gasteiger partial charge in [-0.15, -0.1) is 5.10 Å². The van der Waals surface area contributed by atoms with Crippen molar-refractivity contribution in [3.63, 3.8) is 0 Å². The average molecular weight is 418 g/mol. The number of amides is 1. The SMILES string of the molecule is Cc1ccc(CNC(=O)c2ccccc2CSc2nc3nc(C)cc(C)n3n2)cc1. The fourth-order valence-electron chi connectivity index (χ4n) is 3.20. The molecule has 4 rings (SSSR count). The summed E-state index contributed by atoms with van der Waals surface area (Å²) in [6.45, 7) is 6.48. The monoisotopic (exact) mass is 417 g/mol. The maximum absolute atomic E-state index is 12.8. The van der Waals surface area contributed by atoms with Gasteiger partial charge in [-0.2, -0.15) is 4.98 Å². The first-order valence-corrected chi connectivity index (χ1v) is 10.7. The second-order valence-electron chi connectivity index (χ2n) is 7.26. The van der Waals surface area contributed by atoms with Crippen molar-refractivity contribution in [2.75, 3.05) is 0 Å². The van der Waals surface area contributed by atoms with Crippen molar-refractivity contribution in [2.45, 2.75) is 38.2 Å². The van der Waals surface area contributed by atoms with Crippen LogP contribution in [-0.4, -0.2) is 25.5 Å². The summed E-state index contributed by atoms with van der Waals surface area (Å²) in [7, 11) is 0. The molecule has 0 fully saturated rings. The van der Waals surface area contributed by atoms with Crippen molar-refractivity contribution in [3.05, 3.63) is 88.2 Å². The summed E-state index contributed by atoms with van der Waals surface area (Å²) in [6, 6.07) is 17.8. The number of carbonyl (C=O) groups excluding carboxylic acids is 1. The van der Waals surface area contributed by atoms with Crippen molar-refractivity contribution in [1.29, 1.82) is 0 Å². The van der Waals surface area contributed by atoms with E-state index in [0.29, 0.717) is 28.8 Å². The van der Waals surface area contributed by atoms with E-state index in [-0.39, 0.29) is 5.91 Å². The van der Waals surface area contributed by atoms with Crippen LogP contribution in [0.2, 0.25) is 0 Å². The minimum absolute atomic E-state index is 0.0807. The van der Waals surface area contributed by atoms with Crippen LogP contribution >= 0.6 is 11.8 Å². The van der Waals surface area contributed by atoms with Gasteiger partial charge in [-0.05, 0) is 44.0 Å². The fourth-order valence-corrected chi connectivity index (χ4v) is 4.02. The molecule has 7 heteroatoms. The minimum Gasteiger partial charge on any atom is -0.348 e. The van der Waals surface area contributed by atoms with Gasteiger partial charge in [-0.3, -0.25) is 4.79 Å². The first kappa shape index (κ1) is 20.1. The predicted octanol–water partition coefficient (Wildman–Crippen LogP) is 4.27. The molecule has 0 bridgehead atoms. The standard InChI is InChI=1S/C23H23N5OS/c1-15-8-10-18(11-9-15)13-24-21(29)20-7-5-4-6-19(20)14-30-23-26-22-25-16(2)12-17(3)28(22)27-23/h4-12H,13-14H2,1-3H3,(H,24,29). The Morgan fingerprint density at radius 1 is 1.03 bits per heavy atom. The summed E-state index contributed by atoms with van der Waals surface area (Å²) < 4.78 is 1.75. The molecule has 1 amide bonds. The van der Waals surface area contributed by atoms with Gasteiger partial charge in [0.25, 0.3) is 11.7 Å². The van der Waals surface area contributed by atoms with Gasteiger partial charge >= 0.3 is 0 Å². The highest BCUT2D eigenvalue weighted by atomic mass is 32.2. The summed E-state index contributed by atoms with van der Waals surface area (Å²) in [6.07, 6.45) is 0. The van der Waals surface area contributed by atoms with Gasteiger partial charge in [0, 0.05) is 29.2 Å². The molecule has 2 aromatic heterocycles. The van der Waals surface area contributed by atoms with Crippen molar-refractivity contribution in [2.24, 2.45) is 0 Å². The van der Waals surface area contributed by atoms with Crippen LogP contribution in [-0.2, 0) is 12.3 Å². The second-order valence-corrected chi connectivity index (χ2v) is 8.20. The Kier molecular flexibility index (Phi) is 5.81. The molecular weight excluding hydrogens is 394 g/mol. The van der Waals surface area contributed by atoms with E-state index in [4.69, 9.17) is 0 Å². The van der Waals surface area contributed by atoms with Crippen LogP contribution in [0, 0.1) is 20.8 Å². The molecule has 2 heterocycles. The number of benzene rings is 2. The molecule has 0 aliphatic carbocycles. The maximum Gasteiger partial charge on any atom is 0.253 e. The fraction of sp³-hybridized carbons (Fsp3) is 0.217. The van der Waals surface area contributed by atoms with Gasteiger partial charge in [0.1, 0.15) is 0 Å². The van der Waals surface area contributed by atoms with E-state index in [0.717, 1.165) is 22.5 Å². The van der Waals surface area contributed by atoms with Gasteiger partial charge < -0.3 is 5.32 Å². The maximum atomic E-state index is 12.8. The van der Waals surface area contributed by atoms with Crippen LogP contribution in [0.1, 0.15) is 38.4 Å². The van der Waals surface area contributed by atoms with Gasteiger partial charge in [0.05, 0.1) is 0 Å². The number of nitrogens with zero attached hydrogens (tertiary/aromatic N) is 4. The van der Waals surface area contributed by atoms with Crippen LogP contribution in [0.3, 0.4) is 0 Å². The molecular formula is C23H23N5OS. The Morgan fingerprint density at radius 3 is 2.60 bits per heavy atom. The van der Waals surface area contributed by atoms with Crippen molar-refractivity contribution >= 4 is 23.4 Å². The summed E-state index contributed by atoms with van der Waals surface area (Å²) in [4.78, 5) is 21.7. The van der Waals surface area contributed by atoms with E-state index in [9.17, 15) is 4.79 Å². The third kappa shape index (κ3) is 4.52. The smallest absolute Gasteiger partial charge is 0.253 e. The lowest BCUT2D eigenvalue weighted by molar-refractivity contribution is 0.0950. The van der Waals surface area contributed by atoms with Crippen molar-refractivity contribution < 1.29 is 4.79 Å². The number of rotatable bonds is 6. The molecule has 0 saturated carbocycles. The van der Waals surface area contributed by atoms with Gasteiger partial charge in [0.15, 0.2) is 0 Å². The Balaban J connectivity index is 1.46. The molecule has 0 saturated heterocycles.